The number of para-hydroxylation sites is 1. The van der Waals surface area contributed by atoms with Crippen molar-refractivity contribution in [3.05, 3.63) is 64.8 Å². The molecule has 0 radical (unpaired) electrons. The molecule has 1 aliphatic heterocycles. The molecule has 0 aliphatic carbocycles. The largest absolute Gasteiger partial charge is 0.330 e. The fraction of sp³-hybridized carbons (Fsp3) is 0.400. The molecule has 5 rings (SSSR count). The summed E-state index contributed by atoms with van der Waals surface area (Å²) >= 11 is 0. The summed E-state index contributed by atoms with van der Waals surface area (Å²) in [7, 11) is -1.97. The second-order valence-corrected chi connectivity index (χ2v) is 11.4. The summed E-state index contributed by atoms with van der Waals surface area (Å²) in [5.74, 6) is 0.294. The summed E-state index contributed by atoms with van der Waals surface area (Å²) in [6.45, 7) is 5.61. The first-order chi connectivity index (χ1) is 16.3. The Bertz CT molecular complexity index is 1530. The molecule has 8 nitrogen and oxygen atoms in total. The first kappa shape index (κ1) is 22.7. The van der Waals surface area contributed by atoms with E-state index in [0.717, 1.165) is 29.4 Å². The molecule has 1 saturated heterocycles. The number of fused-ring (bicyclic) bond motifs is 2. The minimum Gasteiger partial charge on any atom is -0.290 e. The Balaban J connectivity index is 1.49. The molecule has 1 unspecified atom stereocenters. The number of pyridine rings is 2. The number of imidazole rings is 1. The van der Waals surface area contributed by atoms with E-state index < -0.39 is 10.0 Å². The van der Waals surface area contributed by atoms with Gasteiger partial charge in [0, 0.05) is 49.9 Å². The molecule has 3 aromatic heterocycles. The Hall–Kier alpha value is -3.04. The van der Waals surface area contributed by atoms with Crippen molar-refractivity contribution >= 4 is 32.1 Å². The lowest BCUT2D eigenvalue weighted by Crippen LogP contribution is -2.39. The third-order valence-corrected chi connectivity index (χ3v) is 8.46. The van der Waals surface area contributed by atoms with Crippen molar-refractivity contribution in [1.29, 1.82) is 0 Å². The zero-order chi connectivity index (χ0) is 24.0. The summed E-state index contributed by atoms with van der Waals surface area (Å²) in [5.41, 5.74) is 2.69. The molecule has 0 N–H and O–H groups in total. The van der Waals surface area contributed by atoms with Crippen LogP contribution in [0.2, 0.25) is 0 Å². The Labute approximate surface area is 198 Å². The van der Waals surface area contributed by atoms with Crippen LogP contribution in [0.4, 0.5) is 0 Å². The van der Waals surface area contributed by atoms with Gasteiger partial charge in [-0.2, -0.15) is 4.31 Å². The quantitative estimate of drug-likeness (QED) is 0.437. The lowest BCUT2D eigenvalue weighted by Gasteiger charge is -2.31. The number of hydrogen-bond acceptors (Lipinski definition) is 5. The van der Waals surface area contributed by atoms with Gasteiger partial charge in [0.2, 0.25) is 10.0 Å². The van der Waals surface area contributed by atoms with Crippen LogP contribution < -0.4 is 5.69 Å². The van der Waals surface area contributed by atoms with Crippen LogP contribution in [0.1, 0.15) is 38.3 Å². The molecule has 1 atom stereocenters. The maximum atomic E-state index is 13.6. The predicted molar refractivity (Wildman–Crippen MR) is 132 cm³/mol. The van der Waals surface area contributed by atoms with Gasteiger partial charge in [-0.25, -0.2) is 18.2 Å². The number of benzene rings is 1. The molecule has 0 bridgehead atoms. The van der Waals surface area contributed by atoms with Crippen LogP contribution in [0.3, 0.4) is 0 Å². The van der Waals surface area contributed by atoms with Gasteiger partial charge in [-0.15, -0.1) is 0 Å². The molecule has 0 spiro atoms. The third-order valence-electron chi connectivity index (χ3n) is 6.57. The summed E-state index contributed by atoms with van der Waals surface area (Å²) in [4.78, 5) is 22.2. The van der Waals surface area contributed by atoms with Crippen LogP contribution in [0.5, 0.6) is 0 Å². The maximum Gasteiger partial charge on any atom is 0.330 e. The topological polar surface area (TPSA) is 90.1 Å². The standard InChI is InChI=1S/C25H29N5O3S/c1-17(2)15-30-21-12-11-20(27-24(21)28(3)25(30)31)19-9-6-14-29(16-19)34(32,33)22-10-4-7-18-8-5-13-26-23(18)22/h4-5,7-8,10-13,17,19H,6,9,14-16H2,1-3H3. The average Bonchev–Trinajstić information content (AvgIpc) is 3.07. The van der Waals surface area contributed by atoms with E-state index in [2.05, 4.69) is 18.8 Å². The van der Waals surface area contributed by atoms with Gasteiger partial charge in [-0.1, -0.05) is 32.0 Å². The smallest absolute Gasteiger partial charge is 0.290 e. The number of piperidine rings is 1. The van der Waals surface area contributed by atoms with Crippen molar-refractivity contribution in [2.24, 2.45) is 13.0 Å². The Morgan fingerprint density at radius 1 is 1.12 bits per heavy atom. The zero-order valence-electron chi connectivity index (χ0n) is 19.7. The van der Waals surface area contributed by atoms with Crippen LogP contribution >= 0.6 is 0 Å². The van der Waals surface area contributed by atoms with Gasteiger partial charge in [-0.3, -0.25) is 14.1 Å². The highest BCUT2D eigenvalue weighted by Crippen LogP contribution is 2.32. The Morgan fingerprint density at radius 2 is 1.91 bits per heavy atom. The molecule has 9 heteroatoms. The number of aromatic nitrogens is 4. The van der Waals surface area contributed by atoms with Crippen molar-refractivity contribution in [3.8, 4) is 0 Å². The van der Waals surface area contributed by atoms with E-state index in [4.69, 9.17) is 4.98 Å². The highest BCUT2D eigenvalue weighted by Gasteiger charge is 2.33. The van der Waals surface area contributed by atoms with Gasteiger partial charge in [0.1, 0.15) is 4.90 Å². The van der Waals surface area contributed by atoms with Gasteiger partial charge in [-0.05, 0) is 43.0 Å². The average molecular weight is 480 g/mol. The van der Waals surface area contributed by atoms with E-state index in [-0.39, 0.29) is 16.5 Å². The van der Waals surface area contributed by atoms with E-state index in [1.54, 1.807) is 44.9 Å². The van der Waals surface area contributed by atoms with Crippen LogP contribution in [0.25, 0.3) is 22.1 Å². The number of nitrogens with zero attached hydrogens (tertiary/aromatic N) is 5. The lowest BCUT2D eigenvalue weighted by molar-refractivity contribution is 0.313. The van der Waals surface area contributed by atoms with Crippen molar-refractivity contribution in [2.75, 3.05) is 13.1 Å². The van der Waals surface area contributed by atoms with Gasteiger partial charge < -0.3 is 0 Å². The van der Waals surface area contributed by atoms with Crippen LogP contribution in [0.15, 0.2) is 58.4 Å². The molecular weight excluding hydrogens is 450 g/mol. The second-order valence-electron chi connectivity index (χ2n) is 9.46. The summed E-state index contributed by atoms with van der Waals surface area (Å²) in [6, 6.07) is 12.8. The van der Waals surface area contributed by atoms with Gasteiger partial charge in [0.15, 0.2) is 5.65 Å². The molecule has 178 valence electrons. The van der Waals surface area contributed by atoms with Gasteiger partial charge in [0.25, 0.3) is 0 Å². The van der Waals surface area contributed by atoms with E-state index in [1.807, 2.05) is 24.3 Å². The SMILES string of the molecule is CC(C)Cn1c(=O)n(C)c2nc(C3CCCN(S(=O)(=O)c4cccc5cccnc45)C3)ccc21. The van der Waals surface area contributed by atoms with Crippen LogP contribution in [0, 0.1) is 5.92 Å². The molecule has 1 aliphatic rings. The summed E-state index contributed by atoms with van der Waals surface area (Å²) in [5, 5.41) is 0.802. The number of rotatable bonds is 5. The summed E-state index contributed by atoms with van der Waals surface area (Å²) < 4.78 is 32.1. The number of sulfonamides is 1. The lowest BCUT2D eigenvalue weighted by atomic mass is 9.95. The minimum absolute atomic E-state index is 0.0422. The van der Waals surface area contributed by atoms with Crippen molar-refractivity contribution in [2.45, 2.75) is 44.0 Å². The van der Waals surface area contributed by atoms with Crippen molar-refractivity contribution in [1.82, 2.24) is 23.4 Å². The number of aryl methyl sites for hydroxylation is 1. The molecule has 0 saturated carbocycles. The molecule has 1 aromatic carbocycles. The molecule has 4 aromatic rings. The fourth-order valence-corrected chi connectivity index (χ4v) is 6.57. The fourth-order valence-electron chi connectivity index (χ4n) is 4.88. The van der Waals surface area contributed by atoms with E-state index in [1.165, 1.54) is 0 Å². The van der Waals surface area contributed by atoms with Crippen LogP contribution in [-0.4, -0.2) is 44.9 Å². The molecule has 1 fully saturated rings. The highest BCUT2D eigenvalue weighted by atomic mass is 32.2. The minimum atomic E-state index is -3.71. The van der Waals surface area contributed by atoms with Gasteiger partial charge >= 0.3 is 5.69 Å². The van der Waals surface area contributed by atoms with Crippen LogP contribution in [-0.2, 0) is 23.6 Å². The molecular formula is C25H29N5O3S. The molecule has 0 amide bonds. The molecule has 34 heavy (non-hydrogen) atoms. The number of hydrogen-bond donors (Lipinski definition) is 0. The first-order valence-corrected chi connectivity index (χ1v) is 13.1. The zero-order valence-corrected chi connectivity index (χ0v) is 20.5. The predicted octanol–water partition coefficient (Wildman–Crippen LogP) is 3.51. The Morgan fingerprint density at radius 3 is 2.71 bits per heavy atom. The van der Waals surface area contributed by atoms with E-state index >= 15 is 0 Å². The Kier molecular flexibility index (Phi) is 5.77. The van der Waals surface area contributed by atoms with E-state index in [9.17, 15) is 13.2 Å². The van der Waals surface area contributed by atoms with Crippen molar-refractivity contribution < 1.29 is 8.42 Å². The molecule has 4 heterocycles. The highest BCUT2D eigenvalue weighted by molar-refractivity contribution is 7.89. The second kappa shape index (κ2) is 8.63. The van der Waals surface area contributed by atoms with E-state index in [0.29, 0.717) is 36.7 Å². The normalized spacial score (nSPS) is 17.7. The third kappa shape index (κ3) is 3.82. The van der Waals surface area contributed by atoms with Gasteiger partial charge in [0.05, 0.1) is 11.0 Å². The maximum absolute atomic E-state index is 13.6. The summed E-state index contributed by atoms with van der Waals surface area (Å²) in [6.07, 6.45) is 3.21. The first-order valence-electron chi connectivity index (χ1n) is 11.7. The van der Waals surface area contributed by atoms with Crippen molar-refractivity contribution in [3.63, 3.8) is 0 Å². The monoisotopic (exact) mass is 479 g/mol.